The molecule has 1 aliphatic rings. The van der Waals surface area contributed by atoms with Crippen LogP contribution >= 0.6 is 0 Å². The Morgan fingerprint density at radius 1 is 1.29 bits per heavy atom. The van der Waals surface area contributed by atoms with Gasteiger partial charge in [0, 0.05) is 0 Å². The minimum atomic E-state index is -0.757. The number of hydrogen-bond donors (Lipinski definition) is 2. The second-order valence-corrected chi connectivity index (χ2v) is 4.32. The van der Waals surface area contributed by atoms with Gasteiger partial charge in [-0.1, -0.05) is 26.2 Å². The zero-order valence-electron chi connectivity index (χ0n) is 8.96. The third-order valence-corrected chi connectivity index (χ3v) is 3.25. The Labute approximate surface area is 85.9 Å². The van der Waals surface area contributed by atoms with Crippen LogP contribution in [0, 0.1) is 11.8 Å². The average Bonchev–Trinajstić information content (AvgIpc) is 2.18. The predicted octanol–water partition coefficient (Wildman–Crippen LogP) is 1.88. The molecule has 1 saturated carbocycles. The van der Waals surface area contributed by atoms with Crippen LogP contribution < -0.4 is 5.32 Å². The van der Waals surface area contributed by atoms with Crippen LogP contribution in [-0.4, -0.2) is 24.2 Å². The fourth-order valence-electron chi connectivity index (χ4n) is 2.23. The highest BCUT2D eigenvalue weighted by molar-refractivity contribution is 5.68. The van der Waals surface area contributed by atoms with Crippen molar-refractivity contribution in [3.63, 3.8) is 0 Å². The number of aliphatic carboxylic acids is 1. The van der Waals surface area contributed by atoms with Crippen LogP contribution in [0.1, 0.15) is 39.0 Å². The summed E-state index contributed by atoms with van der Waals surface area (Å²) in [4.78, 5) is 10.3. The Hall–Kier alpha value is -0.570. The molecule has 3 heteroatoms. The van der Waals surface area contributed by atoms with Gasteiger partial charge in [-0.2, -0.15) is 0 Å². The number of nitrogens with one attached hydrogen (secondary N) is 1. The molecule has 1 aliphatic carbocycles. The summed E-state index contributed by atoms with van der Waals surface area (Å²) in [5.74, 6) is 0.870. The van der Waals surface area contributed by atoms with Gasteiger partial charge in [0.2, 0.25) is 0 Å². The van der Waals surface area contributed by atoms with E-state index in [0.717, 1.165) is 12.5 Å². The van der Waals surface area contributed by atoms with Gasteiger partial charge in [0.1, 0.15) is 0 Å². The zero-order valence-corrected chi connectivity index (χ0v) is 8.96. The van der Waals surface area contributed by atoms with E-state index in [9.17, 15) is 4.79 Å². The Kier molecular flexibility index (Phi) is 4.94. The Balaban J connectivity index is 2.07. The van der Waals surface area contributed by atoms with Gasteiger partial charge < -0.3 is 10.4 Å². The van der Waals surface area contributed by atoms with E-state index in [2.05, 4.69) is 12.2 Å². The molecule has 3 nitrogen and oxygen atoms in total. The maximum absolute atomic E-state index is 10.3. The van der Waals surface area contributed by atoms with Crippen molar-refractivity contribution in [1.29, 1.82) is 0 Å². The van der Waals surface area contributed by atoms with E-state index < -0.39 is 5.97 Å². The van der Waals surface area contributed by atoms with Crippen molar-refractivity contribution in [1.82, 2.24) is 5.32 Å². The molecule has 0 bridgehead atoms. The van der Waals surface area contributed by atoms with E-state index in [-0.39, 0.29) is 6.54 Å². The maximum atomic E-state index is 10.3. The van der Waals surface area contributed by atoms with E-state index in [1.165, 1.54) is 32.1 Å². The van der Waals surface area contributed by atoms with Crippen molar-refractivity contribution in [3.05, 3.63) is 0 Å². The Morgan fingerprint density at radius 2 is 1.86 bits per heavy atom. The molecule has 0 unspecified atom stereocenters. The zero-order chi connectivity index (χ0) is 10.4. The molecule has 0 spiro atoms. The van der Waals surface area contributed by atoms with Gasteiger partial charge in [-0.3, -0.25) is 4.79 Å². The third kappa shape index (κ3) is 4.09. The normalized spacial score (nSPS) is 27.5. The largest absolute Gasteiger partial charge is 0.480 e. The second kappa shape index (κ2) is 6.02. The monoisotopic (exact) mass is 199 g/mol. The number of carboxylic acid groups (broad SMARTS) is 1. The molecule has 1 fully saturated rings. The lowest BCUT2D eigenvalue weighted by Crippen LogP contribution is -2.30. The van der Waals surface area contributed by atoms with Gasteiger partial charge in [-0.05, 0) is 31.2 Å². The van der Waals surface area contributed by atoms with Crippen LogP contribution in [0.4, 0.5) is 0 Å². The Morgan fingerprint density at radius 3 is 2.36 bits per heavy atom. The summed E-state index contributed by atoms with van der Waals surface area (Å²) in [6.07, 6.45) is 6.50. The lowest BCUT2D eigenvalue weighted by Gasteiger charge is -2.27. The van der Waals surface area contributed by atoms with Gasteiger partial charge in [0.25, 0.3) is 0 Å². The summed E-state index contributed by atoms with van der Waals surface area (Å²) in [6.45, 7) is 3.24. The molecular formula is C11H21NO2. The molecule has 0 radical (unpaired) electrons. The lowest BCUT2D eigenvalue weighted by molar-refractivity contribution is -0.136. The van der Waals surface area contributed by atoms with Crippen LogP contribution in [0.5, 0.6) is 0 Å². The van der Waals surface area contributed by atoms with Gasteiger partial charge in [0.15, 0.2) is 0 Å². The minimum Gasteiger partial charge on any atom is -0.480 e. The molecule has 82 valence electrons. The predicted molar refractivity (Wildman–Crippen MR) is 56.2 cm³/mol. The highest BCUT2D eigenvalue weighted by atomic mass is 16.4. The van der Waals surface area contributed by atoms with Gasteiger partial charge >= 0.3 is 5.97 Å². The molecule has 0 aliphatic heterocycles. The van der Waals surface area contributed by atoms with E-state index in [4.69, 9.17) is 5.11 Å². The van der Waals surface area contributed by atoms with Crippen molar-refractivity contribution >= 4 is 5.97 Å². The first-order valence-electron chi connectivity index (χ1n) is 5.64. The summed E-state index contributed by atoms with van der Waals surface area (Å²) in [7, 11) is 0. The fourth-order valence-corrected chi connectivity index (χ4v) is 2.23. The summed E-state index contributed by atoms with van der Waals surface area (Å²) in [5, 5.41) is 11.4. The highest BCUT2D eigenvalue weighted by Crippen LogP contribution is 2.29. The van der Waals surface area contributed by atoms with Crippen LogP contribution in [-0.2, 0) is 4.79 Å². The number of hydrogen-bond acceptors (Lipinski definition) is 2. The molecule has 0 amide bonds. The minimum absolute atomic E-state index is 0.105. The van der Waals surface area contributed by atoms with Gasteiger partial charge in [-0.25, -0.2) is 0 Å². The van der Waals surface area contributed by atoms with Crippen molar-refractivity contribution in [2.24, 2.45) is 11.8 Å². The molecule has 14 heavy (non-hydrogen) atoms. The summed E-state index contributed by atoms with van der Waals surface area (Å²) >= 11 is 0. The topological polar surface area (TPSA) is 49.3 Å². The van der Waals surface area contributed by atoms with E-state index in [0.29, 0.717) is 5.92 Å². The summed E-state index contributed by atoms with van der Waals surface area (Å²) in [5.41, 5.74) is 0. The number of carbonyl (C=O) groups is 1. The molecular weight excluding hydrogens is 178 g/mol. The molecule has 1 rings (SSSR count). The smallest absolute Gasteiger partial charge is 0.317 e. The van der Waals surface area contributed by atoms with Crippen molar-refractivity contribution in [3.8, 4) is 0 Å². The second-order valence-electron chi connectivity index (χ2n) is 4.32. The van der Waals surface area contributed by atoms with E-state index in [1.54, 1.807) is 0 Å². The summed E-state index contributed by atoms with van der Waals surface area (Å²) in [6, 6.07) is 0. The first-order valence-corrected chi connectivity index (χ1v) is 5.64. The van der Waals surface area contributed by atoms with Gasteiger partial charge in [0.05, 0.1) is 6.54 Å². The molecule has 0 heterocycles. The van der Waals surface area contributed by atoms with E-state index >= 15 is 0 Å². The van der Waals surface area contributed by atoms with Crippen molar-refractivity contribution in [2.45, 2.75) is 39.0 Å². The molecule has 0 aromatic rings. The lowest BCUT2D eigenvalue weighted by atomic mass is 9.81. The SMILES string of the molecule is CCC1CCC(CNCC(=O)O)CC1. The van der Waals surface area contributed by atoms with E-state index in [1.807, 2.05) is 0 Å². The molecule has 0 saturated heterocycles. The molecule has 0 aromatic carbocycles. The first kappa shape index (κ1) is 11.5. The standard InChI is InChI=1S/C11H21NO2/c1-2-9-3-5-10(6-4-9)7-12-8-11(13)14/h9-10,12H,2-8H2,1H3,(H,13,14). The van der Waals surface area contributed by atoms with Crippen LogP contribution in [0.2, 0.25) is 0 Å². The van der Waals surface area contributed by atoms with Gasteiger partial charge in [-0.15, -0.1) is 0 Å². The molecule has 0 aromatic heterocycles. The van der Waals surface area contributed by atoms with Crippen LogP contribution in [0.25, 0.3) is 0 Å². The van der Waals surface area contributed by atoms with Crippen LogP contribution in [0.3, 0.4) is 0 Å². The summed E-state index contributed by atoms with van der Waals surface area (Å²) < 4.78 is 0. The van der Waals surface area contributed by atoms with Crippen molar-refractivity contribution in [2.75, 3.05) is 13.1 Å². The molecule has 0 atom stereocenters. The van der Waals surface area contributed by atoms with Crippen molar-refractivity contribution < 1.29 is 9.90 Å². The first-order chi connectivity index (χ1) is 6.72. The maximum Gasteiger partial charge on any atom is 0.317 e. The Bertz CT molecular complexity index is 174. The highest BCUT2D eigenvalue weighted by Gasteiger charge is 2.19. The number of rotatable bonds is 5. The molecule has 2 N–H and O–H groups in total. The third-order valence-electron chi connectivity index (χ3n) is 3.25. The fraction of sp³-hybridized carbons (Fsp3) is 0.909. The number of carboxylic acids is 1. The van der Waals surface area contributed by atoms with Crippen LogP contribution in [0.15, 0.2) is 0 Å². The quantitative estimate of drug-likeness (QED) is 0.710. The average molecular weight is 199 g/mol.